The summed E-state index contributed by atoms with van der Waals surface area (Å²) < 4.78 is 7.71. The van der Waals surface area contributed by atoms with E-state index in [1.165, 1.54) is 6.42 Å². The molecule has 0 amide bonds. The number of aryl methyl sites for hydroxylation is 1. The summed E-state index contributed by atoms with van der Waals surface area (Å²) >= 11 is 0. The number of nitrogens with one attached hydrogen (secondary N) is 1. The summed E-state index contributed by atoms with van der Waals surface area (Å²) in [7, 11) is 3.78. The van der Waals surface area contributed by atoms with Crippen LogP contribution >= 0.6 is 0 Å². The molecule has 0 aromatic carbocycles. The first-order valence-corrected chi connectivity index (χ1v) is 8.45. The molecule has 130 valence electrons. The molecule has 0 radical (unpaired) electrons. The van der Waals surface area contributed by atoms with Gasteiger partial charge in [0.25, 0.3) is 0 Å². The van der Waals surface area contributed by atoms with Gasteiger partial charge < -0.3 is 15.0 Å². The molecular weight excluding hydrogens is 290 g/mol. The molecule has 6 heteroatoms. The number of nitrogens with zero attached hydrogens (tertiary/aromatic N) is 4. The molecule has 1 fully saturated rings. The van der Waals surface area contributed by atoms with Crippen molar-refractivity contribution in [1.29, 1.82) is 0 Å². The van der Waals surface area contributed by atoms with E-state index in [-0.39, 0.29) is 6.10 Å². The molecule has 0 bridgehead atoms. The lowest BCUT2D eigenvalue weighted by Crippen LogP contribution is -2.48. The average molecular weight is 321 g/mol. The third-order valence-corrected chi connectivity index (χ3v) is 4.06. The van der Waals surface area contributed by atoms with Gasteiger partial charge in [0, 0.05) is 38.9 Å². The Morgan fingerprint density at radius 3 is 2.87 bits per heavy atom. The number of ether oxygens (including phenoxy) is 1. The third-order valence-electron chi connectivity index (χ3n) is 4.06. The van der Waals surface area contributed by atoms with E-state index in [2.05, 4.69) is 41.1 Å². The van der Waals surface area contributed by atoms with Crippen LogP contribution < -0.4 is 5.32 Å². The monoisotopic (exact) mass is 321 g/mol. The van der Waals surface area contributed by atoms with E-state index in [1.54, 1.807) is 0 Å². The minimum atomic E-state index is 0.0607. The van der Waals surface area contributed by atoms with Crippen LogP contribution in [-0.4, -0.2) is 53.9 Å². The molecule has 2 heterocycles. The number of hydrogen-bond donors (Lipinski definition) is 1. The van der Waals surface area contributed by atoms with Gasteiger partial charge >= 0.3 is 0 Å². The van der Waals surface area contributed by atoms with E-state index in [9.17, 15) is 0 Å². The van der Waals surface area contributed by atoms with Crippen LogP contribution in [0, 0.1) is 5.41 Å². The van der Waals surface area contributed by atoms with E-state index in [0.29, 0.717) is 12.0 Å². The van der Waals surface area contributed by atoms with Crippen molar-refractivity contribution in [2.75, 3.05) is 33.3 Å². The third kappa shape index (κ3) is 5.53. The molecule has 23 heavy (non-hydrogen) atoms. The quantitative estimate of drug-likeness (QED) is 0.525. The van der Waals surface area contributed by atoms with Crippen LogP contribution in [-0.2, 0) is 11.8 Å². The highest BCUT2D eigenvalue weighted by Gasteiger charge is 2.25. The molecule has 1 saturated heterocycles. The summed E-state index contributed by atoms with van der Waals surface area (Å²) in [4.78, 5) is 6.71. The van der Waals surface area contributed by atoms with Gasteiger partial charge in [0.2, 0.25) is 0 Å². The molecule has 0 aliphatic carbocycles. The van der Waals surface area contributed by atoms with E-state index in [4.69, 9.17) is 4.74 Å². The summed E-state index contributed by atoms with van der Waals surface area (Å²) in [5, 5.41) is 7.73. The second-order valence-corrected chi connectivity index (χ2v) is 7.39. The second kappa shape index (κ2) is 7.81. The molecule has 1 N–H and O–H groups in total. The zero-order chi connectivity index (χ0) is 16.9. The minimum Gasteiger partial charge on any atom is -0.370 e. The Morgan fingerprint density at radius 2 is 2.26 bits per heavy atom. The standard InChI is InChI=1S/C17H31N5O/c1-17(2,3)7-6-8-19-16(18-4)22-9-10-23-15(13-22)14-11-20-21(5)12-14/h11-12,15H,6-10,13H2,1-5H3,(H,18,19). The van der Waals surface area contributed by atoms with Gasteiger partial charge in [-0.15, -0.1) is 0 Å². The summed E-state index contributed by atoms with van der Waals surface area (Å²) in [6, 6.07) is 0. The first-order valence-electron chi connectivity index (χ1n) is 8.45. The first-order chi connectivity index (χ1) is 10.9. The van der Waals surface area contributed by atoms with Crippen molar-refractivity contribution >= 4 is 5.96 Å². The molecule has 0 spiro atoms. The highest BCUT2D eigenvalue weighted by Crippen LogP contribution is 2.22. The van der Waals surface area contributed by atoms with Gasteiger partial charge in [0.15, 0.2) is 5.96 Å². The number of aliphatic imine (C=N–C) groups is 1. The zero-order valence-electron chi connectivity index (χ0n) is 15.2. The number of guanidine groups is 1. The molecule has 6 nitrogen and oxygen atoms in total. The number of morpholine rings is 1. The Labute approximate surface area is 139 Å². The van der Waals surface area contributed by atoms with Crippen molar-refractivity contribution in [3.05, 3.63) is 18.0 Å². The van der Waals surface area contributed by atoms with Gasteiger partial charge in [-0.05, 0) is 18.3 Å². The number of aromatic nitrogens is 2. The molecule has 0 saturated carbocycles. The fourth-order valence-electron chi connectivity index (χ4n) is 2.80. The highest BCUT2D eigenvalue weighted by atomic mass is 16.5. The molecule has 1 aromatic rings. The van der Waals surface area contributed by atoms with E-state index >= 15 is 0 Å². The zero-order valence-corrected chi connectivity index (χ0v) is 15.2. The van der Waals surface area contributed by atoms with Crippen LogP contribution in [0.2, 0.25) is 0 Å². The largest absolute Gasteiger partial charge is 0.370 e. The lowest BCUT2D eigenvalue weighted by atomic mass is 9.91. The lowest BCUT2D eigenvalue weighted by Gasteiger charge is -2.34. The van der Waals surface area contributed by atoms with Gasteiger partial charge in [-0.3, -0.25) is 9.67 Å². The summed E-state index contributed by atoms with van der Waals surface area (Å²) in [6.45, 7) is 10.2. The van der Waals surface area contributed by atoms with Crippen molar-refractivity contribution < 1.29 is 4.74 Å². The number of rotatable bonds is 4. The van der Waals surface area contributed by atoms with Crippen molar-refractivity contribution in [2.45, 2.75) is 39.7 Å². The predicted octanol–water partition coefficient (Wildman–Crippen LogP) is 2.20. The van der Waals surface area contributed by atoms with Crippen LogP contribution in [0.3, 0.4) is 0 Å². The topological polar surface area (TPSA) is 54.7 Å². The summed E-state index contributed by atoms with van der Waals surface area (Å²) in [6.07, 6.45) is 6.32. The normalized spacial score (nSPS) is 20.0. The summed E-state index contributed by atoms with van der Waals surface area (Å²) in [5.41, 5.74) is 1.51. The smallest absolute Gasteiger partial charge is 0.193 e. The van der Waals surface area contributed by atoms with Crippen LogP contribution in [0.5, 0.6) is 0 Å². The Balaban J connectivity index is 1.86. The van der Waals surface area contributed by atoms with Crippen LogP contribution in [0.4, 0.5) is 0 Å². The Kier molecular flexibility index (Phi) is 6.04. The maximum absolute atomic E-state index is 5.89. The molecule has 1 atom stereocenters. The van der Waals surface area contributed by atoms with Crippen molar-refractivity contribution in [3.63, 3.8) is 0 Å². The van der Waals surface area contributed by atoms with E-state index < -0.39 is 0 Å². The van der Waals surface area contributed by atoms with Crippen LogP contribution in [0.25, 0.3) is 0 Å². The number of hydrogen-bond acceptors (Lipinski definition) is 3. The second-order valence-electron chi connectivity index (χ2n) is 7.39. The van der Waals surface area contributed by atoms with Crippen LogP contribution in [0.15, 0.2) is 17.4 Å². The minimum absolute atomic E-state index is 0.0607. The average Bonchev–Trinajstić information content (AvgIpc) is 2.93. The van der Waals surface area contributed by atoms with Crippen molar-refractivity contribution in [1.82, 2.24) is 20.0 Å². The predicted molar refractivity (Wildman–Crippen MR) is 93.5 cm³/mol. The Hall–Kier alpha value is -1.56. The highest BCUT2D eigenvalue weighted by molar-refractivity contribution is 5.80. The Morgan fingerprint density at radius 1 is 1.48 bits per heavy atom. The van der Waals surface area contributed by atoms with Gasteiger partial charge in [-0.25, -0.2) is 0 Å². The fourth-order valence-corrected chi connectivity index (χ4v) is 2.80. The Bertz CT molecular complexity index is 517. The molecule has 1 aliphatic heterocycles. The maximum Gasteiger partial charge on any atom is 0.193 e. The SMILES string of the molecule is CN=C(NCCCC(C)(C)C)N1CCOC(c2cnn(C)c2)C1. The first kappa shape index (κ1) is 17.8. The fraction of sp³-hybridized carbons (Fsp3) is 0.765. The van der Waals surface area contributed by atoms with Gasteiger partial charge in [0.05, 0.1) is 19.3 Å². The molecule has 1 unspecified atom stereocenters. The molecular formula is C17H31N5O. The molecule has 1 aromatic heterocycles. The van der Waals surface area contributed by atoms with Gasteiger partial charge in [-0.1, -0.05) is 20.8 Å². The summed E-state index contributed by atoms with van der Waals surface area (Å²) in [5.74, 6) is 0.969. The van der Waals surface area contributed by atoms with Gasteiger partial charge in [0.1, 0.15) is 6.10 Å². The van der Waals surface area contributed by atoms with Crippen molar-refractivity contribution in [3.8, 4) is 0 Å². The molecule has 2 rings (SSSR count). The van der Waals surface area contributed by atoms with E-state index in [1.807, 2.05) is 31.2 Å². The lowest BCUT2D eigenvalue weighted by molar-refractivity contribution is -0.00802. The maximum atomic E-state index is 5.89. The van der Waals surface area contributed by atoms with E-state index in [0.717, 1.165) is 37.6 Å². The molecule has 1 aliphatic rings. The van der Waals surface area contributed by atoms with Gasteiger partial charge in [-0.2, -0.15) is 5.10 Å². The van der Waals surface area contributed by atoms with Crippen molar-refractivity contribution in [2.24, 2.45) is 17.5 Å². The van der Waals surface area contributed by atoms with Crippen LogP contribution in [0.1, 0.15) is 45.3 Å².